The number of allylic oxidation sites excluding steroid dienone is 4. The van der Waals surface area contributed by atoms with Gasteiger partial charge < -0.3 is 9.47 Å². The van der Waals surface area contributed by atoms with E-state index in [1.165, 1.54) is 21.9 Å². The quantitative estimate of drug-likeness (QED) is 0.593. The second-order valence-electron chi connectivity index (χ2n) is 9.00. The lowest BCUT2D eigenvalue weighted by molar-refractivity contribution is 0.391. The smallest absolute Gasteiger partial charge is 0.122 e. The van der Waals surface area contributed by atoms with Crippen molar-refractivity contribution >= 4 is 18.8 Å². The van der Waals surface area contributed by atoms with Crippen molar-refractivity contribution in [3.63, 3.8) is 0 Å². The first-order valence-corrected chi connectivity index (χ1v) is 12.9. The lowest BCUT2D eigenvalue weighted by Crippen LogP contribution is -2.45. The van der Waals surface area contributed by atoms with Gasteiger partial charge in [0.1, 0.15) is 19.6 Å². The molecule has 28 heavy (non-hydrogen) atoms. The molecule has 0 fully saturated rings. The summed E-state index contributed by atoms with van der Waals surface area (Å²) in [5.41, 5.74) is 3.85. The number of hydrogen-bond donors (Lipinski definition) is 0. The van der Waals surface area contributed by atoms with Gasteiger partial charge in [0, 0.05) is 5.56 Å². The van der Waals surface area contributed by atoms with Gasteiger partial charge in [-0.25, -0.2) is 0 Å². The van der Waals surface area contributed by atoms with E-state index in [-0.39, 0.29) is 5.41 Å². The van der Waals surface area contributed by atoms with E-state index in [1.54, 1.807) is 19.4 Å². The minimum atomic E-state index is -2.00. The molecule has 0 atom stereocenters. The summed E-state index contributed by atoms with van der Waals surface area (Å²) in [5.74, 6) is 1.94. The zero-order valence-electron chi connectivity index (χ0n) is 18.2. The van der Waals surface area contributed by atoms with Gasteiger partial charge in [-0.05, 0) is 40.3 Å². The van der Waals surface area contributed by atoms with Crippen LogP contribution in [0.1, 0.15) is 38.3 Å². The SMILES string of the molecule is COc1cc(C(C)(C)C)c(OC)c([Si](C)(C)C2=C(c3ccccc3)C=CC2)c1. The Balaban J connectivity index is 2.24. The molecular formula is C25H32O2Si. The average Bonchev–Trinajstić information content (AvgIpc) is 3.17. The van der Waals surface area contributed by atoms with E-state index >= 15 is 0 Å². The van der Waals surface area contributed by atoms with Crippen LogP contribution in [0.15, 0.2) is 59.8 Å². The van der Waals surface area contributed by atoms with Crippen LogP contribution in [0.25, 0.3) is 5.57 Å². The van der Waals surface area contributed by atoms with Crippen LogP contribution in [0.2, 0.25) is 13.1 Å². The highest BCUT2D eigenvalue weighted by atomic mass is 28.3. The van der Waals surface area contributed by atoms with Crippen molar-refractivity contribution < 1.29 is 9.47 Å². The van der Waals surface area contributed by atoms with Gasteiger partial charge in [0.25, 0.3) is 0 Å². The van der Waals surface area contributed by atoms with Gasteiger partial charge in [0.2, 0.25) is 0 Å². The molecule has 0 saturated carbocycles. The predicted molar refractivity (Wildman–Crippen MR) is 122 cm³/mol. The molecular weight excluding hydrogens is 360 g/mol. The van der Waals surface area contributed by atoms with Gasteiger partial charge in [-0.15, -0.1) is 0 Å². The van der Waals surface area contributed by atoms with E-state index in [1.807, 2.05) is 0 Å². The second-order valence-corrected chi connectivity index (χ2v) is 13.4. The van der Waals surface area contributed by atoms with Gasteiger partial charge >= 0.3 is 0 Å². The Morgan fingerprint density at radius 1 is 0.929 bits per heavy atom. The van der Waals surface area contributed by atoms with Crippen LogP contribution in [0.3, 0.4) is 0 Å². The Bertz CT molecular complexity index is 916. The molecule has 0 aliphatic heterocycles. The summed E-state index contributed by atoms with van der Waals surface area (Å²) in [7, 11) is 1.54. The normalized spacial score (nSPS) is 14.5. The molecule has 0 saturated heterocycles. The molecule has 2 aromatic rings. The summed E-state index contributed by atoms with van der Waals surface area (Å²) >= 11 is 0. The molecule has 3 heteroatoms. The first-order valence-electron chi connectivity index (χ1n) is 9.92. The Morgan fingerprint density at radius 3 is 2.18 bits per heavy atom. The van der Waals surface area contributed by atoms with E-state index in [4.69, 9.17) is 9.47 Å². The highest BCUT2D eigenvalue weighted by Crippen LogP contribution is 2.39. The van der Waals surface area contributed by atoms with Crippen LogP contribution in [-0.2, 0) is 5.41 Å². The lowest BCUT2D eigenvalue weighted by Gasteiger charge is -2.32. The molecule has 0 amide bonds. The van der Waals surface area contributed by atoms with Crippen molar-refractivity contribution in [3.8, 4) is 11.5 Å². The molecule has 0 N–H and O–H groups in total. The third-order valence-corrected chi connectivity index (χ3v) is 9.45. The maximum absolute atomic E-state index is 6.03. The van der Waals surface area contributed by atoms with Crippen molar-refractivity contribution in [1.82, 2.24) is 0 Å². The summed E-state index contributed by atoms with van der Waals surface area (Å²) in [6, 6.07) is 15.1. The Kier molecular flexibility index (Phi) is 5.58. The first-order chi connectivity index (χ1) is 13.2. The van der Waals surface area contributed by atoms with E-state index in [0.717, 1.165) is 17.9 Å². The molecule has 0 aromatic heterocycles. The fourth-order valence-electron chi connectivity index (χ4n) is 4.11. The highest BCUT2D eigenvalue weighted by molar-refractivity contribution is 6.97. The van der Waals surface area contributed by atoms with Crippen LogP contribution in [0, 0.1) is 0 Å². The third-order valence-electron chi connectivity index (χ3n) is 5.75. The molecule has 0 bridgehead atoms. The number of methoxy groups -OCH3 is 2. The number of ether oxygens (including phenoxy) is 2. The number of rotatable bonds is 5. The summed E-state index contributed by atoms with van der Waals surface area (Å²) in [6.45, 7) is 11.6. The van der Waals surface area contributed by atoms with Gasteiger partial charge in [-0.2, -0.15) is 0 Å². The largest absolute Gasteiger partial charge is 0.497 e. The lowest BCUT2D eigenvalue weighted by atomic mass is 9.86. The molecule has 1 aliphatic carbocycles. The van der Waals surface area contributed by atoms with Crippen molar-refractivity contribution in [2.75, 3.05) is 14.2 Å². The zero-order valence-corrected chi connectivity index (χ0v) is 19.2. The van der Waals surface area contributed by atoms with E-state index in [2.05, 4.69) is 88.5 Å². The van der Waals surface area contributed by atoms with Crippen LogP contribution in [-0.4, -0.2) is 22.3 Å². The molecule has 3 rings (SSSR count). The highest BCUT2D eigenvalue weighted by Gasteiger charge is 2.37. The topological polar surface area (TPSA) is 18.5 Å². The van der Waals surface area contributed by atoms with Crippen LogP contribution in [0.4, 0.5) is 0 Å². The number of hydrogen-bond acceptors (Lipinski definition) is 2. The van der Waals surface area contributed by atoms with Crippen molar-refractivity contribution in [2.45, 2.75) is 45.7 Å². The summed E-state index contributed by atoms with van der Waals surface area (Å²) in [6.07, 6.45) is 5.59. The summed E-state index contributed by atoms with van der Waals surface area (Å²) < 4.78 is 11.7. The zero-order chi connectivity index (χ0) is 20.5. The molecule has 2 aromatic carbocycles. The molecule has 1 aliphatic rings. The minimum absolute atomic E-state index is 0.0241. The van der Waals surface area contributed by atoms with Crippen molar-refractivity contribution in [1.29, 1.82) is 0 Å². The maximum atomic E-state index is 6.03. The Labute approximate surface area is 170 Å². The summed E-state index contributed by atoms with van der Waals surface area (Å²) in [4.78, 5) is 0. The molecule has 2 nitrogen and oxygen atoms in total. The molecule has 0 spiro atoms. The fourth-order valence-corrected chi connectivity index (χ4v) is 7.27. The predicted octanol–water partition coefficient (Wildman–Crippen LogP) is 5.87. The summed E-state index contributed by atoms with van der Waals surface area (Å²) in [5, 5.41) is 2.86. The monoisotopic (exact) mass is 392 g/mol. The minimum Gasteiger partial charge on any atom is -0.497 e. The van der Waals surface area contributed by atoms with Gasteiger partial charge in [-0.3, -0.25) is 0 Å². The fraction of sp³-hybridized carbons (Fsp3) is 0.360. The van der Waals surface area contributed by atoms with Crippen LogP contribution >= 0.6 is 0 Å². The van der Waals surface area contributed by atoms with E-state index in [0.29, 0.717) is 0 Å². The maximum Gasteiger partial charge on any atom is 0.122 e. The first kappa shape index (κ1) is 20.5. The Morgan fingerprint density at radius 2 is 1.61 bits per heavy atom. The standard InChI is InChI=1S/C25H32O2Si/c1-25(2,3)21-16-19(26-4)17-23(24(21)27-5)28(6,7)22-15-11-14-20(22)18-12-9-8-10-13-18/h8-14,16-17H,15H2,1-7H3. The molecule has 148 valence electrons. The van der Waals surface area contributed by atoms with E-state index < -0.39 is 8.07 Å². The molecule has 0 heterocycles. The Hall–Kier alpha value is -2.26. The molecule has 0 radical (unpaired) electrons. The van der Waals surface area contributed by atoms with Crippen LogP contribution in [0.5, 0.6) is 11.5 Å². The van der Waals surface area contributed by atoms with Crippen molar-refractivity contribution in [2.24, 2.45) is 0 Å². The molecule has 0 unspecified atom stereocenters. The second kappa shape index (κ2) is 7.63. The average molecular weight is 393 g/mol. The number of benzene rings is 2. The van der Waals surface area contributed by atoms with E-state index in [9.17, 15) is 0 Å². The van der Waals surface area contributed by atoms with Crippen LogP contribution < -0.4 is 14.7 Å². The van der Waals surface area contributed by atoms with Gasteiger partial charge in [0.15, 0.2) is 0 Å². The van der Waals surface area contributed by atoms with Gasteiger partial charge in [-0.1, -0.05) is 81.5 Å². The van der Waals surface area contributed by atoms with Gasteiger partial charge in [0.05, 0.1) is 14.2 Å². The van der Waals surface area contributed by atoms with Crippen molar-refractivity contribution in [3.05, 3.63) is 70.9 Å². The third kappa shape index (κ3) is 3.68.